The Morgan fingerprint density at radius 1 is 1.05 bits per heavy atom. The zero-order valence-corrected chi connectivity index (χ0v) is 36.9. The van der Waals surface area contributed by atoms with E-state index in [-0.39, 0.29) is 37.3 Å². The summed E-state index contributed by atoms with van der Waals surface area (Å²) in [5, 5.41) is 19.9. The second-order valence-electron chi connectivity index (χ2n) is 17.8. The number of esters is 1. The maximum absolute atomic E-state index is 16.9. The fourth-order valence-electron chi connectivity index (χ4n) is 9.51. The standard InChI is InChI=1S/C43H65FN6O10/c1-12-32-43(8)35(50(40(55)60-43)19-14-13-18-49-23-30(46-47-49)28-16-15-17-29(45)21-28)26(4)33(51)24(2)22-41(6,56-11)37(27(5)36(53)42(7,44)39(54)58-32)59-38-34(52)31(48(9)10)20-25(3)57-38/h15-17,21,23-27,31-32,34-35,37-38,52H,12-14,18-20,22,45H2,1-11H3/t24-,25-,26+,27+,31+,32-,34-,35-,37-,38+,41?,42+,43-/m1/s1. The van der Waals surface area contributed by atoms with Crippen molar-refractivity contribution in [1.29, 1.82) is 0 Å². The number of Topliss-reactive ketones (excluding diaryl/α,β-unsaturated/α-hetero) is 2. The van der Waals surface area contributed by atoms with Gasteiger partial charge in [-0.25, -0.2) is 14.0 Å². The van der Waals surface area contributed by atoms with E-state index in [1.165, 1.54) is 18.9 Å². The van der Waals surface area contributed by atoms with Gasteiger partial charge in [-0.1, -0.05) is 45.0 Å². The molecule has 60 heavy (non-hydrogen) atoms. The number of hydrogen-bond donors (Lipinski definition) is 2. The molecule has 3 saturated heterocycles. The number of nitrogen functional groups attached to an aromatic ring is 1. The fourth-order valence-corrected chi connectivity index (χ4v) is 9.51. The van der Waals surface area contributed by atoms with E-state index in [2.05, 4.69) is 10.3 Å². The number of anilines is 1. The monoisotopic (exact) mass is 844 g/mol. The van der Waals surface area contributed by atoms with Crippen LogP contribution in [0.5, 0.6) is 0 Å². The van der Waals surface area contributed by atoms with Gasteiger partial charge >= 0.3 is 12.1 Å². The van der Waals surface area contributed by atoms with Crippen LogP contribution in [0, 0.1) is 17.8 Å². The van der Waals surface area contributed by atoms with Crippen LogP contribution in [-0.2, 0) is 44.6 Å². The predicted molar refractivity (Wildman–Crippen MR) is 219 cm³/mol. The highest BCUT2D eigenvalue weighted by Gasteiger charge is 2.61. The number of likely N-dealkylation sites (N-methyl/N-ethyl adjacent to an activating group) is 1. The van der Waals surface area contributed by atoms with Crippen LogP contribution in [0.1, 0.15) is 87.5 Å². The summed E-state index contributed by atoms with van der Waals surface area (Å²) >= 11 is 0. The highest BCUT2D eigenvalue weighted by molar-refractivity contribution is 6.08. The number of hydrogen-bond acceptors (Lipinski definition) is 14. The van der Waals surface area contributed by atoms with Gasteiger partial charge in [0.05, 0.1) is 30.0 Å². The number of aromatic nitrogens is 3. The number of nitrogens with zero attached hydrogens (tertiary/aromatic N) is 5. The Morgan fingerprint density at radius 2 is 1.73 bits per heavy atom. The van der Waals surface area contributed by atoms with Crippen molar-refractivity contribution in [3.8, 4) is 11.3 Å². The number of nitrogens with two attached hydrogens (primary N) is 1. The van der Waals surface area contributed by atoms with Crippen LogP contribution in [-0.4, -0.2) is 141 Å². The van der Waals surface area contributed by atoms with Crippen LogP contribution in [0.3, 0.4) is 0 Å². The summed E-state index contributed by atoms with van der Waals surface area (Å²) in [6.07, 6.45) is -2.57. The number of ether oxygens (including phenoxy) is 5. The van der Waals surface area contributed by atoms with Crippen LogP contribution in [0.15, 0.2) is 30.5 Å². The molecule has 5 rings (SSSR count). The van der Waals surface area contributed by atoms with Crippen molar-refractivity contribution in [3.63, 3.8) is 0 Å². The van der Waals surface area contributed by atoms with E-state index in [1.54, 1.807) is 45.4 Å². The lowest BCUT2D eigenvalue weighted by Gasteiger charge is -2.47. The molecule has 3 aliphatic rings. The molecule has 17 heteroatoms. The molecule has 2 aromatic rings. The number of carbonyl (C=O) groups is 4. The first-order chi connectivity index (χ1) is 28.1. The maximum Gasteiger partial charge on any atom is 0.410 e. The number of aliphatic hydroxyl groups is 1. The number of methoxy groups -OCH3 is 1. The molecular formula is C43H65FN6O10. The molecule has 334 valence electrons. The number of amides is 1. The number of unbranched alkanes of at least 4 members (excludes halogenated alkanes) is 1. The number of benzene rings is 1. The molecule has 1 amide bonds. The number of carbonyl (C=O) groups excluding carboxylic acids is 4. The first kappa shape index (κ1) is 47.0. The van der Waals surface area contributed by atoms with Crippen molar-refractivity contribution < 1.29 is 52.4 Å². The predicted octanol–water partition coefficient (Wildman–Crippen LogP) is 4.60. The number of rotatable bonds is 11. The lowest BCUT2D eigenvalue weighted by molar-refractivity contribution is -0.295. The molecule has 3 aliphatic heterocycles. The summed E-state index contributed by atoms with van der Waals surface area (Å²) in [6.45, 7) is 13.1. The van der Waals surface area contributed by atoms with Crippen molar-refractivity contribution in [2.75, 3.05) is 33.5 Å². The Labute approximate surface area is 352 Å². The zero-order chi connectivity index (χ0) is 44.5. The highest BCUT2D eigenvalue weighted by Crippen LogP contribution is 2.44. The van der Waals surface area contributed by atoms with Gasteiger partial charge in [0, 0.05) is 55.2 Å². The molecule has 1 unspecified atom stereocenters. The van der Waals surface area contributed by atoms with Gasteiger partial charge in [-0.3, -0.25) is 14.3 Å². The third kappa shape index (κ3) is 9.39. The highest BCUT2D eigenvalue weighted by atomic mass is 19.1. The van der Waals surface area contributed by atoms with Gasteiger partial charge in [0.25, 0.3) is 5.67 Å². The molecule has 1 aromatic carbocycles. The van der Waals surface area contributed by atoms with Crippen molar-refractivity contribution in [2.45, 2.75) is 154 Å². The van der Waals surface area contributed by atoms with Crippen LogP contribution in [0.4, 0.5) is 14.9 Å². The first-order valence-corrected chi connectivity index (χ1v) is 21.0. The van der Waals surface area contributed by atoms with Gasteiger partial charge in [-0.2, -0.15) is 0 Å². The molecule has 3 fully saturated rings. The molecule has 13 atom stereocenters. The molecule has 1 aromatic heterocycles. The molecule has 0 saturated carbocycles. The van der Waals surface area contributed by atoms with E-state index in [4.69, 9.17) is 29.4 Å². The summed E-state index contributed by atoms with van der Waals surface area (Å²) in [7, 11) is 5.04. The van der Waals surface area contributed by atoms with Gasteiger partial charge in [0.2, 0.25) is 0 Å². The summed E-state index contributed by atoms with van der Waals surface area (Å²) in [4.78, 5) is 60.1. The average molecular weight is 845 g/mol. The molecular weight excluding hydrogens is 780 g/mol. The summed E-state index contributed by atoms with van der Waals surface area (Å²) in [5.41, 5.74) is 1.80. The van der Waals surface area contributed by atoms with Crippen LogP contribution in [0.2, 0.25) is 0 Å². The smallest absolute Gasteiger partial charge is 0.410 e. The molecule has 16 nitrogen and oxygen atoms in total. The molecule has 0 aliphatic carbocycles. The molecule has 0 radical (unpaired) electrons. The van der Waals surface area contributed by atoms with E-state index in [0.717, 1.165) is 12.5 Å². The van der Waals surface area contributed by atoms with Crippen molar-refractivity contribution in [1.82, 2.24) is 24.8 Å². The van der Waals surface area contributed by atoms with Crippen molar-refractivity contribution in [2.24, 2.45) is 17.8 Å². The van der Waals surface area contributed by atoms with Crippen LogP contribution < -0.4 is 5.73 Å². The van der Waals surface area contributed by atoms with Gasteiger partial charge in [-0.15, -0.1) is 5.10 Å². The quantitative estimate of drug-likeness (QED) is 0.138. The summed E-state index contributed by atoms with van der Waals surface area (Å²) < 4.78 is 49.2. The minimum atomic E-state index is -3.19. The minimum absolute atomic E-state index is 0.0111. The molecule has 4 heterocycles. The lowest BCUT2D eigenvalue weighted by Crippen LogP contribution is -2.61. The lowest BCUT2D eigenvalue weighted by atomic mass is 9.73. The Morgan fingerprint density at radius 3 is 2.37 bits per heavy atom. The summed E-state index contributed by atoms with van der Waals surface area (Å²) in [5.74, 6) is -5.85. The van der Waals surface area contributed by atoms with E-state index in [9.17, 15) is 24.3 Å². The second-order valence-corrected chi connectivity index (χ2v) is 17.8. The van der Waals surface area contributed by atoms with Gasteiger partial charge < -0.3 is 44.3 Å². The third-order valence-corrected chi connectivity index (χ3v) is 12.9. The van der Waals surface area contributed by atoms with E-state index < -0.39 is 83.1 Å². The van der Waals surface area contributed by atoms with Gasteiger partial charge in [-0.05, 0) is 86.0 Å². The van der Waals surface area contributed by atoms with Gasteiger partial charge in [0.1, 0.15) is 23.7 Å². The van der Waals surface area contributed by atoms with E-state index >= 15 is 4.39 Å². The Kier molecular flexibility index (Phi) is 14.5. The number of aliphatic hydroxyl groups excluding tert-OH is 1. The zero-order valence-electron chi connectivity index (χ0n) is 36.9. The number of halogens is 1. The average Bonchev–Trinajstić information content (AvgIpc) is 3.78. The Bertz CT molecular complexity index is 1860. The van der Waals surface area contributed by atoms with Gasteiger partial charge in [0.15, 0.2) is 17.7 Å². The van der Waals surface area contributed by atoms with E-state index in [1.807, 2.05) is 50.3 Å². The SMILES string of the molecule is CC[C@H]1OC(=O)[C@@](C)(F)C(=O)[C@H](C)[C@@H](O[C@@H]2O[C@H](C)C[C@H](N(C)C)[C@H]2O)C(C)(OC)C[C@@H](C)C(=O)[C@H](C)[C@H]2N(CCCCn3cc(-c4cccc(N)c4)nn3)C(=O)O[C@]12C. The van der Waals surface area contributed by atoms with Crippen LogP contribution >= 0.6 is 0 Å². The number of cyclic esters (lactones) is 1. The number of aryl methyl sites for hydroxylation is 1. The molecule has 3 N–H and O–H groups in total. The number of ketones is 2. The normalized spacial score (nSPS) is 37.1. The largest absolute Gasteiger partial charge is 0.455 e. The Hall–Kier alpha value is -4.03. The molecule has 0 spiro atoms. The Balaban J connectivity index is 1.45. The maximum atomic E-state index is 16.9. The fraction of sp³-hybridized carbons (Fsp3) is 0.721. The molecule has 0 bridgehead atoms. The third-order valence-electron chi connectivity index (χ3n) is 12.9. The minimum Gasteiger partial charge on any atom is -0.455 e. The second kappa shape index (κ2) is 18.5. The van der Waals surface area contributed by atoms with Crippen LogP contribution in [0.25, 0.3) is 11.3 Å². The van der Waals surface area contributed by atoms with Crippen molar-refractivity contribution in [3.05, 3.63) is 30.5 Å². The summed E-state index contributed by atoms with van der Waals surface area (Å²) in [6, 6.07) is 6.02. The number of fused-ring (bicyclic) bond motifs is 1. The first-order valence-electron chi connectivity index (χ1n) is 21.0. The topological polar surface area (TPSA) is 198 Å². The number of alkyl halides is 1. The van der Waals surface area contributed by atoms with Crippen molar-refractivity contribution >= 4 is 29.3 Å². The van der Waals surface area contributed by atoms with E-state index in [0.29, 0.717) is 37.2 Å².